The van der Waals surface area contributed by atoms with Gasteiger partial charge < -0.3 is 15.1 Å². The summed E-state index contributed by atoms with van der Waals surface area (Å²) >= 11 is 0. The van der Waals surface area contributed by atoms with Crippen LogP contribution in [-0.2, 0) is 9.63 Å². The van der Waals surface area contributed by atoms with Crippen molar-refractivity contribution < 1.29 is 19.8 Å². The Morgan fingerprint density at radius 1 is 1.09 bits per heavy atom. The van der Waals surface area contributed by atoms with Crippen molar-refractivity contribution in [3.63, 3.8) is 0 Å². The van der Waals surface area contributed by atoms with Gasteiger partial charge in [-0.3, -0.25) is 4.79 Å². The van der Waals surface area contributed by atoms with Gasteiger partial charge in [-0.15, -0.1) is 0 Å². The van der Waals surface area contributed by atoms with E-state index in [1.54, 1.807) is 24.3 Å². The minimum absolute atomic E-state index is 0.120. The molecular weight excluding hydrogens is 282 g/mol. The van der Waals surface area contributed by atoms with Crippen molar-refractivity contribution in [3.05, 3.63) is 65.7 Å². The van der Waals surface area contributed by atoms with E-state index in [1.807, 2.05) is 30.3 Å². The molecule has 2 aromatic rings. The highest BCUT2D eigenvalue weighted by Crippen LogP contribution is 2.34. The van der Waals surface area contributed by atoms with Gasteiger partial charge in [0.05, 0.1) is 18.1 Å². The standard InChI is InChI=1S/C17H15NO4/c19-13-8-6-12(7-9-13)17-16(11-4-2-1-3-5-11)14(22-18-17)10-15(20)21/h1-9,14,16,19H,10H2,(H,20,21). The number of phenols is 1. The molecule has 0 aromatic heterocycles. The van der Waals surface area contributed by atoms with E-state index >= 15 is 0 Å². The van der Waals surface area contributed by atoms with E-state index in [0.29, 0.717) is 5.71 Å². The third-order valence-electron chi connectivity index (χ3n) is 3.65. The highest BCUT2D eigenvalue weighted by molar-refractivity contribution is 6.06. The molecule has 1 aliphatic heterocycles. The van der Waals surface area contributed by atoms with Crippen LogP contribution >= 0.6 is 0 Å². The monoisotopic (exact) mass is 297 g/mol. The van der Waals surface area contributed by atoms with Gasteiger partial charge in [-0.05, 0) is 29.8 Å². The van der Waals surface area contributed by atoms with Crippen molar-refractivity contribution in [2.24, 2.45) is 5.16 Å². The zero-order chi connectivity index (χ0) is 15.5. The lowest BCUT2D eigenvalue weighted by molar-refractivity contribution is -0.139. The van der Waals surface area contributed by atoms with Crippen molar-refractivity contribution in [2.75, 3.05) is 0 Å². The molecule has 3 rings (SSSR count). The van der Waals surface area contributed by atoms with Gasteiger partial charge in [-0.1, -0.05) is 35.5 Å². The fourth-order valence-corrected chi connectivity index (χ4v) is 2.64. The SMILES string of the molecule is O=C(O)CC1ON=C(c2ccc(O)cc2)C1c1ccccc1. The Morgan fingerprint density at radius 3 is 2.41 bits per heavy atom. The van der Waals surface area contributed by atoms with Crippen LogP contribution in [0.25, 0.3) is 0 Å². The van der Waals surface area contributed by atoms with Gasteiger partial charge in [0.25, 0.3) is 0 Å². The number of hydrogen-bond acceptors (Lipinski definition) is 4. The van der Waals surface area contributed by atoms with E-state index in [4.69, 9.17) is 9.94 Å². The average molecular weight is 297 g/mol. The molecule has 0 spiro atoms. The highest BCUT2D eigenvalue weighted by Gasteiger charge is 2.37. The third-order valence-corrected chi connectivity index (χ3v) is 3.65. The Balaban J connectivity index is 1.98. The lowest BCUT2D eigenvalue weighted by atomic mass is 9.85. The minimum Gasteiger partial charge on any atom is -0.508 e. The van der Waals surface area contributed by atoms with Gasteiger partial charge in [0.2, 0.25) is 0 Å². The first-order valence-electron chi connectivity index (χ1n) is 6.95. The van der Waals surface area contributed by atoms with Crippen LogP contribution in [0.3, 0.4) is 0 Å². The number of hydrogen-bond donors (Lipinski definition) is 2. The Hall–Kier alpha value is -2.82. The quantitative estimate of drug-likeness (QED) is 0.909. The number of carbonyl (C=O) groups is 1. The van der Waals surface area contributed by atoms with Gasteiger partial charge in [-0.25, -0.2) is 0 Å². The van der Waals surface area contributed by atoms with Crippen LogP contribution in [0.5, 0.6) is 5.75 Å². The van der Waals surface area contributed by atoms with E-state index in [2.05, 4.69) is 5.16 Å². The predicted molar refractivity (Wildman–Crippen MR) is 81.0 cm³/mol. The summed E-state index contributed by atoms with van der Waals surface area (Å²) in [7, 11) is 0. The molecule has 112 valence electrons. The lowest BCUT2D eigenvalue weighted by Crippen LogP contribution is -2.24. The molecule has 5 heteroatoms. The van der Waals surface area contributed by atoms with E-state index in [0.717, 1.165) is 11.1 Å². The Kier molecular flexibility index (Phi) is 3.78. The van der Waals surface area contributed by atoms with E-state index < -0.39 is 12.1 Å². The van der Waals surface area contributed by atoms with Crippen LogP contribution in [0, 0.1) is 0 Å². The van der Waals surface area contributed by atoms with Crippen LogP contribution in [-0.4, -0.2) is 28.0 Å². The maximum Gasteiger partial charge on any atom is 0.307 e. The number of aromatic hydroxyl groups is 1. The fourth-order valence-electron chi connectivity index (χ4n) is 2.64. The lowest BCUT2D eigenvalue weighted by Gasteiger charge is -2.18. The summed E-state index contributed by atoms with van der Waals surface area (Å²) in [5, 5.41) is 22.6. The minimum atomic E-state index is -0.923. The van der Waals surface area contributed by atoms with Crippen LogP contribution in [0.15, 0.2) is 59.8 Å². The molecule has 0 amide bonds. The summed E-state index contributed by atoms with van der Waals surface area (Å²) in [4.78, 5) is 16.4. The summed E-state index contributed by atoms with van der Waals surface area (Å²) in [5.74, 6) is -1.00. The first kappa shape index (κ1) is 14.1. The van der Waals surface area contributed by atoms with Gasteiger partial charge in [0.15, 0.2) is 6.10 Å². The number of oxime groups is 1. The molecule has 0 bridgehead atoms. The third kappa shape index (κ3) is 2.79. The molecule has 0 radical (unpaired) electrons. The second kappa shape index (κ2) is 5.89. The number of nitrogens with zero attached hydrogens (tertiary/aromatic N) is 1. The van der Waals surface area contributed by atoms with E-state index in [-0.39, 0.29) is 18.1 Å². The molecule has 0 saturated carbocycles. The van der Waals surface area contributed by atoms with Crippen LogP contribution in [0.4, 0.5) is 0 Å². The topological polar surface area (TPSA) is 79.1 Å². The summed E-state index contributed by atoms with van der Waals surface area (Å²) in [5.41, 5.74) is 2.44. The van der Waals surface area contributed by atoms with Crippen molar-refractivity contribution in [1.29, 1.82) is 0 Å². The summed E-state index contributed by atoms with van der Waals surface area (Å²) < 4.78 is 0. The van der Waals surface area contributed by atoms with Crippen LogP contribution in [0.1, 0.15) is 23.5 Å². The molecule has 0 aliphatic carbocycles. The van der Waals surface area contributed by atoms with Crippen molar-refractivity contribution in [1.82, 2.24) is 0 Å². The van der Waals surface area contributed by atoms with Crippen molar-refractivity contribution in [3.8, 4) is 5.75 Å². The number of phenolic OH excluding ortho intramolecular Hbond substituents is 1. The summed E-state index contributed by atoms with van der Waals surface area (Å²) in [6.45, 7) is 0. The molecular formula is C17H15NO4. The summed E-state index contributed by atoms with van der Waals surface area (Å²) in [6.07, 6.45) is -0.659. The molecule has 1 heterocycles. The number of carboxylic acids is 1. The second-order valence-electron chi connectivity index (χ2n) is 5.15. The molecule has 22 heavy (non-hydrogen) atoms. The molecule has 2 N–H and O–H groups in total. The van der Waals surface area contributed by atoms with E-state index in [9.17, 15) is 9.90 Å². The first-order chi connectivity index (χ1) is 10.6. The average Bonchev–Trinajstić information content (AvgIpc) is 2.91. The summed E-state index contributed by atoms with van der Waals surface area (Å²) in [6, 6.07) is 16.2. The number of aliphatic carboxylic acids is 1. The maximum atomic E-state index is 11.1. The fraction of sp³-hybridized carbons (Fsp3) is 0.176. The van der Waals surface area contributed by atoms with Gasteiger partial charge in [0.1, 0.15) is 5.75 Å². The number of carboxylic acid groups (broad SMARTS) is 1. The molecule has 2 atom stereocenters. The number of rotatable bonds is 4. The second-order valence-corrected chi connectivity index (χ2v) is 5.15. The van der Waals surface area contributed by atoms with Gasteiger partial charge in [-0.2, -0.15) is 0 Å². The Bertz CT molecular complexity index is 694. The van der Waals surface area contributed by atoms with Gasteiger partial charge >= 0.3 is 5.97 Å². The predicted octanol–water partition coefficient (Wildman–Crippen LogP) is 2.75. The zero-order valence-corrected chi connectivity index (χ0v) is 11.7. The van der Waals surface area contributed by atoms with Gasteiger partial charge in [0, 0.05) is 5.56 Å². The van der Waals surface area contributed by atoms with Crippen molar-refractivity contribution >= 4 is 11.7 Å². The molecule has 5 nitrogen and oxygen atoms in total. The van der Waals surface area contributed by atoms with Crippen molar-refractivity contribution in [2.45, 2.75) is 18.4 Å². The first-order valence-corrected chi connectivity index (χ1v) is 6.95. The molecule has 0 saturated heterocycles. The number of benzene rings is 2. The zero-order valence-electron chi connectivity index (χ0n) is 11.7. The van der Waals surface area contributed by atoms with Crippen LogP contribution < -0.4 is 0 Å². The normalized spacial score (nSPS) is 20.3. The van der Waals surface area contributed by atoms with E-state index in [1.165, 1.54) is 0 Å². The largest absolute Gasteiger partial charge is 0.508 e. The smallest absolute Gasteiger partial charge is 0.307 e. The Morgan fingerprint density at radius 2 is 1.77 bits per heavy atom. The van der Waals surface area contributed by atoms with Crippen LogP contribution in [0.2, 0.25) is 0 Å². The maximum absolute atomic E-state index is 11.1. The Labute approximate surface area is 127 Å². The molecule has 0 fully saturated rings. The highest BCUT2D eigenvalue weighted by atomic mass is 16.6. The molecule has 2 aromatic carbocycles. The molecule has 1 aliphatic rings. The molecule has 2 unspecified atom stereocenters.